The lowest BCUT2D eigenvalue weighted by molar-refractivity contribution is 0.411. The largest absolute Gasteiger partial charge is 0.496 e. The van der Waals surface area contributed by atoms with Crippen molar-refractivity contribution in [1.82, 2.24) is 10.2 Å². The second-order valence-electron chi connectivity index (χ2n) is 3.91. The molecule has 0 aliphatic rings. The van der Waals surface area contributed by atoms with Crippen molar-refractivity contribution in [2.45, 2.75) is 17.0 Å². The summed E-state index contributed by atoms with van der Waals surface area (Å²) in [6, 6.07) is 5.90. The molecular weight excluding hydrogens is 290 g/mol. The molecule has 1 aromatic carbocycles. The maximum Gasteiger partial charge on any atom is 0.174 e. The van der Waals surface area contributed by atoms with Gasteiger partial charge in [-0.3, -0.25) is 0 Å². The number of aromatic nitrogens is 2. The number of aryl methyl sites for hydroxylation is 1. The normalized spacial score (nSPS) is 9.95. The monoisotopic (exact) mass is 305 g/mol. The first-order valence-electron chi connectivity index (χ1n) is 6.01. The average molecular weight is 305 g/mol. The highest BCUT2D eigenvalue weighted by Crippen LogP contribution is 2.30. The first-order valence-corrected chi connectivity index (χ1v) is 7.82. The summed E-state index contributed by atoms with van der Waals surface area (Å²) >= 11 is 3.24. The number of nitrogens with zero attached hydrogens (tertiary/aromatic N) is 2. The van der Waals surface area contributed by atoms with Gasteiger partial charge in [0.15, 0.2) is 4.34 Å². The van der Waals surface area contributed by atoms with E-state index in [1.807, 2.05) is 25.1 Å². The summed E-state index contributed by atoms with van der Waals surface area (Å²) in [6.07, 6.45) is 0. The molecule has 2 rings (SSSR count). The van der Waals surface area contributed by atoms with E-state index in [0.717, 1.165) is 32.0 Å². The lowest BCUT2D eigenvalue weighted by Gasteiger charge is -2.07. The van der Waals surface area contributed by atoms with Crippen LogP contribution in [0.1, 0.15) is 16.1 Å². The van der Waals surface area contributed by atoms with Crippen LogP contribution in [0, 0.1) is 18.8 Å². The molecule has 0 saturated carbocycles. The highest BCUT2D eigenvalue weighted by Gasteiger charge is 2.07. The van der Waals surface area contributed by atoms with Gasteiger partial charge in [-0.2, -0.15) is 0 Å². The summed E-state index contributed by atoms with van der Waals surface area (Å²) in [7, 11) is 1.67. The molecule has 2 aromatic rings. The Labute approximate surface area is 126 Å². The molecule has 6 heteroatoms. The van der Waals surface area contributed by atoms with Crippen molar-refractivity contribution < 1.29 is 4.74 Å². The lowest BCUT2D eigenvalue weighted by atomic mass is 10.1. The van der Waals surface area contributed by atoms with Crippen molar-refractivity contribution in [2.75, 3.05) is 13.7 Å². The van der Waals surface area contributed by atoms with Crippen molar-refractivity contribution in [3.8, 4) is 17.6 Å². The molecule has 4 nitrogen and oxygen atoms in total. The fourth-order valence-corrected chi connectivity index (χ4v) is 3.39. The van der Waals surface area contributed by atoms with Crippen LogP contribution in [-0.4, -0.2) is 23.9 Å². The predicted molar refractivity (Wildman–Crippen MR) is 83.1 cm³/mol. The molecule has 0 fully saturated rings. The highest BCUT2D eigenvalue weighted by atomic mass is 32.2. The maximum absolute atomic E-state index is 5.39. The van der Waals surface area contributed by atoms with Gasteiger partial charge in [-0.1, -0.05) is 34.9 Å². The Morgan fingerprint density at radius 2 is 2.25 bits per heavy atom. The van der Waals surface area contributed by atoms with Crippen molar-refractivity contribution in [2.24, 2.45) is 5.73 Å². The van der Waals surface area contributed by atoms with Gasteiger partial charge < -0.3 is 10.5 Å². The van der Waals surface area contributed by atoms with Gasteiger partial charge in [0.1, 0.15) is 10.8 Å². The third-order valence-corrected chi connectivity index (χ3v) is 4.49. The van der Waals surface area contributed by atoms with Gasteiger partial charge in [-0.25, -0.2) is 0 Å². The van der Waals surface area contributed by atoms with Crippen LogP contribution in [0.15, 0.2) is 22.5 Å². The van der Waals surface area contributed by atoms with Crippen LogP contribution in [0.25, 0.3) is 0 Å². The van der Waals surface area contributed by atoms with Crippen LogP contribution < -0.4 is 10.5 Å². The van der Waals surface area contributed by atoms with Crippen LogP contribution in [0.2, 0.25) is 0 Å². The van der Waals surface area contributed by atoms with E-state index in [1.165, 1.54) is 0 Å². The number of rotatable bonds is 4. The van der Waals surface area contributed by atoms with Crippen molar-refractivity contribution in [3.63, 3.8) is 0 Å². The Balaban J connectivity index is 2.15. The Hall–Kier alpha value is -1.55. The predicted octanol–water partition coefficient (Wildman–Crippen LogP) is 2.46. The molecule has 0 radical (unpaired) electrons. The summed E-state index contributed by atoms with van der Waals surface area (Å²) in [6.45, 7) is 2.31. The Bertz CT molecular complexity index is 643. The third kappa shape index (κ3) is 3.97. The standard InChI is InChI=1S/C14H15N3OS2/c1-10-16-17-14(20-10)19-9-12-8-11(4-3-7-15)5-6-13(12)18-2/h5-6,8H,7,9,15H2,1-2H3. The molecule has 104 valence electrons. The van der Waals surface area contributed by atoms with Crippen molar-refractivity contribution >= 4 is 23.1 Å². The van der Waals surface area contributed by atoms with Crippen molar-refractivity contribution in [1.29, 1.82) is 0 Å². The van der Waals surface area contributed by atoms with Gasteiger partial charge >= 0.3 is 0 Å². The van der Waals surface area contributed by atoms with Crippen LogP contribution in [0.4, 0.5) is 0 Å². The van der Waals surface area contributed by atoms with E-state index < -0.39 is 0 Å². The van der Waals surface area contributed by atoms with E-state index in [9.17, 15) is 0 Å². The molecule has 1 heterocycles. The Morgan fingerprint density at radius 3 is 2.90 bits per heavy atom. The summed E-state index contributed by atoms with van der Waals surface area (Å²) in [4.78, 5) is 0. The van der Waals surface area contributed by atoms with Gasteiger partial charge in [0.05, 0.1) is 13.7 Å². The first-order chi connectivity index (χ1) is 9.72. The van der Waals surface area contributed by atoms with Gasteiger partial charge in [-0.05, 0) is 25.1 Å². The third-order valence-electron chi connectivity index (χ3n) is 2.47. The van der Waals surface area contributed by atoms with E-state index in [-0.39, 0.29) is 0 Å². The summed E-state index contributed by atoms with van der Waals surface area (Å²) in [5, 5.41) is 9.09. The summed E-state index contributed by atoms with van der Waals surface area (Å²) in [5.41, 5.74) is 7.43. The molecule has 0 bridgehead atoms. The molecule has 0 aliphatic heterocycles. The minimum Gasteiger partial charge on any atom is -0.496 e. The molecule has 0 saturated heterocycles. The molecular formula is C14H15N3OS2. The summed E-state index contributed by atoms with van der Waals surface area (Å²) < 4.78 is 6.34. The van der Waals surface area contributed by atoms with E-state index in [1.54, 1.807) is 30.2 Å². The Kier molecular flexibility index (Phi) is 5.41. The molecule has 0 aliphatic carbocycles. The van der Waals surface area contributed by atoms with Crippen LogP contribution in [0.3, 0.4) is 0 Å². The topological polar surface area (TPSA) is 61.0 Å². The van der Waals surface area contributed by atoms with Crippen LogP contribution >= 0.6 is 23.1 Å². The molecule has 0 atom stereocenters. The quantitative estimate of drug-likeness (QED) is 0.694. The van der Waals surface area contributed by atoms with Gasteiger partial charge in [-0.15, -0.1) is 10.2 Å². The minimum absolute atomic E-state index is 0.361. The molecule has 0 amide bonds. The Morgan fingerprint density at radius 1 is 1.40 bits per heavy atom. The van der Waals surface area contributed by atoms with E-state index >= 15 is 0 Å². The van der Waals surface area contributed by atoms with Gasteiger partial charge in [0.2, 0.25) is 0 Å². The number of thioether (sulfide) groups is 1. The van der Waals surface area contributed by atoms with Crippen LogP contribution in [0.5, 0.6) is 5.75 Å². The molecule has 20 heavy (non-hydrogen) atoms. The maximum atomic E-state index is 5.39. The fourth-order valence-electron chi connectivity index (χ4n) is 1.60. The van der Waals surface area contributed by atoms with E-state index in [2.05, 4.69) is 22.0 Å². The number of ether oxygens (including phenoxy) is 1. The lowest BCUT2D eigenvalue weighted by Crippen LogP contribution is -1.94. The zero-order chi connectivity index (χ0) is 14.4. The number of nitrogens with two attached hydrogens (primary N) is 1. The highest BCUT2D eigenvalue weighted by molar-refractivity contribution is 8.00. The van der Waals surface area contributed by atoms with Gasteiger partial charge in [0.25, 0.3) is 0 Å². The van der Waals surface area contributed by atoms with Crippen molar-refractivity contribution in [3.05, 3.63) is 34.3 Å². The molecule has 2 N–H and O–H groups in total. The van der Waals surface area contributed by atoms with Crippen LogP contribution in [-0.2, 0) is 5.75 Å². The zero-order valence-corrected chi connectivity index (χ0v) is 13.0. The molecule has 0 unspecified atom stereocenters. The minimum atomic E-state index is 0.361. The van der Waals surface area contributed by atoms with E-state index in [4.69, 9.17) is 10.5 Å². The first kappa shape index (κ1) is 14.9. The number of hydrogen-bond donors (Lipinski definition) is 1. The second kappa shape index (κ2) is 7.29. The smallest absolute Gasteiger partial charge is 0.174 e. The zero-order valence-electron chi connectivity index (χ0n) is 11.3. The number of benzene rings is 1. The molecule has 0 spiro atoms. The van der Waals surface area contributed by atoms with Gasteiger partial charge in [0, 0.05) is 16.9 Å². The number of methoxy groups -OCH3 is 1. The second-order valence-corrected chi connectivity index (χ2v) is 6.31. The number of hydrogen-bond acceptors (Lipinski definition) is 6. The average Bonchev–Trinajstić information content (AvgIpc) is 2.88. The fraction of sp³-hybridized carbons (Fsp3) is 0.286. The SMILES string of the molecule is COc1ccc(C#CCN)cc1CSc1nnc(C)s1. The summed E-state index contributed by atoms with van der Waals surface area (Å²) in [5.74, 6) is 7.52. The van der Waals surface area contributed by atoms with E-state index in [0.29, 0.717) is 6.54 Å². The molecule has 1 aromatic heterocycles.